The first-order chi connectivity index (χ1) is 9.75. The highest BCUT2D eigenvalue weighted by molar-refractivity contribution is 6.30. The summed E-state index contributed by atoms with van der Waals surface area (Å²) in [7, 11) is 0. The molecule has 2 rings (SSSR count). The van der Waals surface area contributed by atoms with Gasteiger partial charge in [0.25, 0.3) is 0 Å². The quantitative estimate of drug-likeness (QED) is 0.820. The Morgan fingerprint density at radius 2 is 1.86 bits per heavy atom. The standard InChI is InChI=1S/C15H16Cl2FN3/c1-15(2,3)14-20-12(17)7-13(21-14)19-8-9-4-5-11(18)10(16)6-9/h4-7H,8H2,1-3H3,(H,19,20,21). The summed E-state index contributed by atoms with van der Waals surface area (Å²) in [5, 5.41) is 3.63. The molecule has 2 aromatic rings. The summed E-state index contributed by atoms with van der Waals surface area (Å²) in [6.45, 7) is 6.52. The van der Waals surface area contributed by atoms with Gasteiger partial charge in [-0.05, 0) is 17.7 Å². The molecule has 112 valence electrons. The monoisotopic (exact) mass is 327 g/mol. The Hall–Kier alpha value is -1.39. The molecule has 0 saturated carbocycles. The van der Waals surface area contributed by atoms with Crippen LogP contribution in [-0.4, -0.2) is 9.97 Å². The molecule has 1 N–H and O–H groups in total. The molecule has 21 heavy (non-hydrogen) atoms. The summed E-state index contributed by atoms with van der Waals surface area (Å²) in [4.78, 5) is 8.68. The minimum absolute atomic E-state index is 0.102. The van der Waals surface area contributed by atoms with E-state index in [0.29, 0.717) is 23.3 Å². The van der Waals surface area contributed by atoms with E-state index in [2.05, 4.69) is 15.3 Å². The number of aromatic nitrogens is 2. The average molecular weight is 328 g/mol. The van der Waals surface area contributed by atoms with Crippen LogP contribution in [0.3, 0.4) is 0 Å². The highest BCUT2D eigenvalue weighted by Crippen LogP contribution is 2.23. The minimum Gasteiger partial charge on any atom is -0.366 e. The van der Waals surface area contributed by atoms with Gasteiger partial charge < -0.3 is 5.32 Å². The van der Waals surface area contributed by atoms with Crippen molar-refractivity contribution in [1.82, 2.24) is 9.97 Å². The first-order valence-corrected chi connectivity index (χ1v) is 7.24. The molecule has 3 nitrogen and oxygen atoms in total. The third-order valence-electron chi connectivity index (χ3n) is 2.82. The summed E-state index contributed by atoms with van der Waals surface area (Å²) in [6.07, 6.45) is 0. The number of anilines is 1. The highest BCUT2D eigenvalue weighted by Gasteiger charge is 2.18. The van der Waals surface area contributed by atoms with Crippen molar-refractivity contribution in [2.75, 3.05) is 5.32 Å². The molecule has 1 heterocycles. The number of halogens is 3. The maximum atomic E-state index is 13.1. The van der Waals surface area contributed by atoms with Crippen LogP contribution in [0.1, 0.15) is 32.2 Å². The van der Waals surface area contributed by atoms with Crippen molar-refractivity contribution in [3.63, 3.8) is 0 Å². The van der Waals surface area contributed by atoms with Crippen LogP contribution in [0.15, 0.2) is 24.3 Å². The Balaban J connectivity index is 2.16. The van der Waals surface area contributed by atoms with Crippen LogP contribution >= 0.6 is 23.2 Å². The van der Waals surface area contributed by atoms with Crippen molar-refractivity contribution in [3.05, 3.63) is 51.6 Å². The third-order valence-corrected chi connectivity index (χ3v) is 3.31. The molecule has 0 unspecified atom stereocenters. The topological polar surface area (TPSA) is 37.8 Å². The maximum absolute atomic E-state index is 13.1. The summed E-state index contributed by atoms with van der Waals surface area (Å²) < 4.78 is 13.1. The molecule has 0 saturated heterocycles. The van der Waals surface area contributed by atoms with Gasteiger partial charge in [-0.1, -0.05) is 50.0 Å². The molecular weight excluding hydrogens is 312 g/mol. The van der Waals surface area contributed by atoms with Gasteiger partial charge in [0.15, 0.2) is 0 Å². The first kappa shape index (κ1) is 16.0. The Morgan fingerprint density at radius 3 is 2.48 bits per heavy atom. The minimum atomic E-state index is -0.430. The number of nitrogens with zero attached hydrogens (tertiary/aromatic N) is 2. The zero-order chi connectivity index (χ0) is 15.6. The Labute approximate surface area is 133 Å². The van der Waals surface area contributed by atoms with E-state index in [9.17, 15) is 4.39 Å². The molecule has 1 aromatic heterocycles. The van der Waals surface area contributed by atoms with Gasteiger partial charge in [0.05, 0.1) is 5.02 Å². The molecule has 1 aromatic carbocycles. The van der Waals surface area contributed by atoms with E-state index in [1.54, 1.807) is 18.2 Å². The molecule has 0 amide bonds. The fourth-order valence-electron chi connectivity index (χ4n) is 1.69. The molecule has 0 fully saturated rings. The maximum Gasteiger partial charge on any atom is 0.141 e. The second-order valence-corrected chi connectivity index (χ2v) is 6.55. The van der Waals surface area contributed by atoms with Crippen molar-refractivity contribution in [1.29, 1.82) is 0 Å². The third kappa shape index (κ3) is 4.29. The molecule has 6 heteroatoms. The fraction of sp³-hybridized carbons (Fsp3) is 0.333. The van der Waals surface area contributed by atoms with Crippen molar-refractivity contribution in [2.24, 2.45) is 0 Å². The van der Waals surface area contributed by atoms with E-state index in [4.69, 9.17) is 23.2 Å². The number of benzene rings is 1. The van der Waals surface area contributed by atoms with Crippen LogP contribution in [0.2, 0.25) is 10.2 Å². The van der Waals surface area contributed by atoms with Gasteiger partial charge in [-0.15, -0.1) is 0 Å². The van der Waals surface area contributed by atoms with Crippen LogP contribution in [-0.2, 0) is 12.0 Å². The molecule has 0 radical (unpaired) electrons. The van der Waals surface area contributed by atoms with Crippen molar-refractivity contribution in [2.45, 2.75) is 32.7 Å². The lowest BCUT2D eigenvalue weighted by atomic mass is 9.96. The highest BCUT2D eigenvalue weighted by atomic mass is 35.5. The Kier molecular flexibility index (Phi) is 4.69. The smallest absolute Gasteiger partial charge is 0.141 e. The van der Waals surface area contributed by atoms with Gasteiger partial charge >= 0.3 is 0 Å². The van der Waals surface area contributed by atoms with E-state index in [0.717, 1.165) is 5.56 Å². The van der Waals surface area contributed by atoms with Crippen LogP contribution in [0.25, 0.3) is 0 Å². The van der Waals surface area contributed by atoms with Crippen molar-refractivity contribution >= 4 is 29.0 Å². The molecule has 0 aliphatic rings. The summed E-state index contributed by atoms with van der Waals surface area (Å²) in [5.74, 6) is 0.857. The van der Waals surface area contributed by atoms with Gasteiger partial charge in [0.1, 0.15) is 22.6 Å². The SMILES string of the molecule is CC(C)(C)c1nc(Cl)cc(NCc2ccc(F)c(Cl)c2)n1. The molecular formula is C15H16Cl2FN3. The summed E-state index contributed by atoms with van der Waals surface area (Å²) in [6, 6.07) is 6.24. The zero-order valence-corrected chi connectivity index (χ0v) is 13.6. The molecule has 0 spiro atoms. The molecule has 0 atom stereocenters. The largest absolute Gasteiger partial charge is 0.366 e. The number of hydrogen-bond donors (Lipinski definition) is 1. The first-order valence-electron chi connectivity index (χ1n) is 6.48. The van der Waals surface area contributed by atoms with Gasteiger partial charge in [-0.25, -0.2) is 14.4 Å². The summed E-state index contributed by atoms with van der Waals surface area (Å²) in [5.41, 5.74) is 0.661. The van der Waals surface area contributed by atoms with Crippen LogP contribution in [0.5, 0.6) is 0 Å². The van der Waals surface area contributed by atoms with E-state index < -0.39 is 5.82 Å². The van der Waals surface area contributed by atoms with Gasteiger partial charge in [0, 0.05) is 18.0 Å². The lowest BCUT2D eigenvalue weighted by Gasteiger charge is -2.17. The molecule has 0 bridgehead atoms. The van der Waals surface area contributed by atoms with Crippen molar-refractivity contribution < 1.29 is 4.39 Å². The van der Waals surface area contributed by atoms with E-state index >= 15 is 0 Å². The van der Waals surface area contributed by atoms with E-state index in [-0.39, 0.29) is 10.4 Å². The molecule has 0 aliphatic heterocycles. The van der Waals surface area contributed by atoms with E-state index in [1.807, 2.05) is 20.8 Å². The second kappa shape index (κ2) is 6.16. The zero-order valence-electron chi connectivity index (χ0n) is 12.0. The van der Waals surface area contributed by atoms with Crippen LogP contribution in [0.4, 0.5) is 10.2 Å². The lowest BCUT2D eigenvalue weighted by molar-refractivity contribution is 0.546. The van der Waals surface area contributed by atoms with Crippen LogP contribution < -0.4 is 5.32 Å². The van der Waals surface area contributed by atoms with E-state index in [1.165, 1.54) is 6.07 Å². The number of nitrogens with one attached hydrogen (secondary N) is 1. The second-order valence-electron chi connectivity index (χ2n) is 5.75. The average Bonchev–Trinajstić information content (AvgIpc) is 2.38. The predicted molar refractivity (Wildman–Crippen MR) is 84.5 cm³/mol. The Morgan fingerprint density at radius 1 is 1.14 bits per heavy atom. The molecule has 0 aliphatic carbocycles. The fourth-order valence-corrected chi connectivity index (χ4v) is 2.07. The van der Waals surface area contributed by atoms with Gasteiger partial charge in [0.2, 0.25) is 0 Å². The predicted octanol–water partition coefficient (Wildman–Crippen LogP) is 4.83. The van der Waals surface area contributed by atoms with Gasteiger partial charge in [-0.2, -0.15) is 0 Å². The number of hydrogen-bond acceptors (Lipinski definition) is 3. The Bertz CT molecular complexity index is 654. The van der Waals surface area contributed by atoms with Gasteiger partial charge in [-0.3, -0.25) is 0 Å². The van der Waals surface area contributed by atoms with Crippen LogP contribution in [0, 0.1) is 5.82 Å². The number of rotatable bonds is 3. The normalized spacial score (nSPS) is 11.5. The lowest BCUT2D eigenvalue weighted by Crippen LogP contribution is -2.17. The van der Waals surface area contributed by atoms with Crippen molar-refractivity contribution in [3.8, 4) is 0 Å². The summed E-state index contributed by atoms with van der Waals surface area (Å²) >= 11 is 11.8.